The first kappa shape index (κ1) is 9.37. The molecule has 0 N–H and O–H groups in total. The molecule has 3 rings (SSSR count). The summed E-state index contributed by atoms with van der Waals surface area (Å²) in [6.45, 7) is 3.29. The van der Waals surface area contributed by atoms with E-state index in [0.717, 1.165) is 24.3 Å². The maximum absolute atomic E-state index is 4.33. The number of hydrogen-bond donors (Lipinski definition) is 0. The molecule has 2 aliphatic rings. The molecule has 2 aliphatic carbocycles. The van der Waals surface area contributed by atoms with Crippen molar-refractivity contribution in [2.75, 3.05) is 0 Å². The van der Waals surface area contributed by atoms with Gasteiger partial charge in [0.1, 0.15) is 12.2 Å². The molecule has 3 heteroatoms. The molecule has 2 unspecified atom stereocenters. The Morgan fingerprint density at radius 3 is 2.73 bits per heavy atom. The lowest BCUT2D eigenvalue weighted by Crippen LogP contribution is -2.02. The molecule has 3 nitrogen and oxygen atoms in total. The van der Waals surface area contributed by atoms with Crippen molar-refractivity contribution >= 4 is 0 Å². The van der Waals surface area contributed by atoms with Crippen LogP contribution in [0.15, 0.2) is 6.33 Å². The zero-order valence-corrected chi connectivity index (χ0v) is 9.39. The molecule has 1 heterocycles. The van der Waals surface area contributed by atoms with Crippen molar-refractivity contribution in [3.63, 3.8) is 0 Å². The lowest BCUT2D eigenvalue weighted by Gasteiger charge is -2.04. The van der Waals surface area contributed by atoms with Crippen molar-refractivity contribution in [2.24, 2.45) is 11.8 Å². The van der Waals surface area contributed by atoms with E-state index in [0.29, 0.717) is 0 Å². The summed E-state index contributed by atoms with van der Waals surface area (Å²) in [5, 5.41) is 8.41. The molecule has 0 saturated heterocycles. The molecule has 82 valence electrons. The first-order chi connectivity index (χ1) is 7.42. The summed E-state index contributed by atoms with van der Waals surface area (Å²) in [6.07, 6.45) is 8.79. The van der Waals surface area contributed by atoms with E-state index < -0.39 is 0 Å². The van der Waals surface area contributed by atoms with E-state index in [1.54, 1.807) is 0 Å². The van der Waals surface area contributed by atoms with Gasteiger partial charge in [-0.05, 0) is 31.1 Å². The van der Waals surface area contributed by atoms with Crippen LogP contribution in [-0.2, 0) is 6.54 Å². The van der Waals surface area contributed by atoms with Gasteiger partial charge < -0.3 is 4.57 Å². The Kier molecular flexibility index (Phi) is 2.26. The first-order valence-corrected chi connectivity index (χ1v) is 6.29. The second-order valence-electron chi connectivity index (χ2n) is 5.02. The van der Waals surface area contributed by atoms with E-state index >= 15 is 0 Å². The van der Waals surface area contributed by atoms with Crippen LogP contribution in [0, 0.1) is 11.8 Å². The monoisotopic (exact) mass is 205 g/mol. The highest BCUT2D eigenvalue weighted by Crippen LogP contribution is 2.60. The van der Waals surface area contributed by atoms with E-state index in [2.05, 4.69) is 21.7 Å². The van der Waals surface area contributed by atoms with Crippen LogP contribution in [0.3, 0.4) is 0 Å². The van der Waals surface area contributed by atoms with Crippen LogP contribution in [-0.4, -0.2) is 14.8 Å². The fourth-order valence-electron chi connectivity index (χ4n) is 3.31. The molecule has 0 amide bonds. The summed E-state index contributed by atoms with van der Waals surface area (Å²) in [5.74, 6) is 3.91. The van der Waals surface area contributed by atoms with Gasteiger partial charge in [0.25, 0.3) is 0 Å². The third kappa shape index (κ3) is 1.48. The second kappa shape index (κ2) is 3.62. The Morgan fingerprint density at radius 1 is 1.33 bits per heavy atom. The number of aryl methyl sites for hydroxylation is 1. The average molecular weight is 205 g/mol. The van der Waals surface area contributed by atoms with Crippen molar-refractivity contribution in [3.05, 3.63) is 12.2 Å². The molecule has 0 aliphatic heterocycles. The predicted octanol–water partition coefficient (Wildman–Crippen LogP) is 2.59. The highest BCUT2D eigenvalue weighted by Gasteiger charge is 2.53. The van der Waals surface area contributed by atoms with Gasteiger partial charge in [-0.3, -0.25) is 0 Å². The van der Waals surface area contributed by atoms with Gasteiger partial charge in [0.2, 0.25) is 0 Å². The van der Waals surface area contributed by atoms with Crippen LogP contribution in [0.2, 0.25) is 0 Å². The zero-order chi connectivity index (χ0) is 10.3. The van der Waals surface area contributed by atoms with Crippen molar-refractivity contribution in [3.8, 4) is 0 Å². The molecule has 0 aromatic carbocycles. The van der Waals surface area contributed by atoms with Crippen LogP contribution in [0.1, 0.15) is 50.8 Å². The minimum Gasteiger partial charge on any atom is -0.317 e. The van der Waals surface area contributed by atoms with Crippen LogP contribution in [0.4, 0.5) is 0 Å². The average Bonchev–Trinajstić information content (AvgIpc) is 2.82. The lowest BCUT2D eigenvalue weighted by atomic mass is 10.0. The fraction of sp³-hybridized carbons (Fsp3) is 0.833. The van der Waals surface area contributed by atoms with Gasteiger partial charge in [0.15, 0.2) is 0 Å². The van der Waals surface area contributed by atoms with Crippen LogP contribution in [0.5, 0.6) is 0 Å². The third-order valence-corrected chi connectivity index (χ3v) is 4.06. The molecule has 0 radical (unpaired) electrons. The molecule has 1 aromatic heterocycles. The van der Waals surface area contributed by atoms with Crippen LogP contribution in [0.25, 0.3) is 0 Å². The molecule has 0 bridgehead atoms. The molecule has 15 heavy (non-hydrogen) atoms. The summed E-state index contributed by atoms with van der Waals surface area (Å²) in [7, 11) is 0. The van der Waals surface area contributed by atoms with Gasteiger partial charge in [-0.25, -0.2) is 0 Å². The van der Waals surface area contributed by atoms with E-state index in [-0.39, 0.29) is 0 Å². The normalized spacial score (nSPS) is 33.8. The fourth-order valence-corrected chi connectivity index (χ4v) is 3.31. The van der Waals surface area contributed by atoms with Gasteiger partial charge in [-0.2, -0.15) is 0 Å². The van der Waals surface area contributed by atoms with E-state index in [4.69, 9.17) is 0 Å². The van der Waals surface area contributed by atoms with Crippen molar-refractivity contribution < 1.29 is 0 Å². The number of hydrogen-bond acceptors (Lipinski definition) is 2. The third-order valence-electron chi connectivity index (χ3n) is 4.06. The quantitative estimate of drug-likeness (QED) is 0.759. The second-order valence-corrected chi connectivity index (χ2v) is 5.02. The summed E-state index contributed by atoms with van der Waals surface area (Å²) < 4.78 is 2.27. The minimum absolute atomic E-state index is 0.751. The first-order valence-electron chi connectivity index (χ1n) is 6.29. The Hall–Kier alpha value is -0.860. The SMILES string of the molecule is CCCn1cnnc1C1C2CCCCC21. The maximum atomic E-state index is 4.33. The molecule has 0 spiro atoms. The van der Waals surface area contributed by atoms with E-state index in [1.807, 2.05) is 6.33 Å². The number of fused-ring (bicyclic) bond motifs is 1. The van der Waals surface area contributed by atoms with E-state index in [1.165, 1.54) is 37.9 Å². The van der Waals surface area contributed by atoms with Crippen molar-refractivity contribution in [1.82, 2.24) is 14.8 Å². The van der Waals surface area contributed by atoms with Crippen LogP contribution < -0.4 is 0 Å². The Labute approximate surface area is 90.9 Å². The number of aromatic nitrogens is 3. The smallest absolute Gasteiger partial charge is 0.136 e. The molecule has 2 saturated carbocycles. The highest BCUT2D eigenvalue weighted by molar-refractivity contribution is 5.16. The van der Waals surface area contributed by atoms with E-state index in [9.17, 15) is 0 Å². The van der Waals surface area contributed by atoms with Gasteiger partial charge in [-0.15, -0.1) is 10.2 Å². The standard InChI is InChI=1S/C12H19N3/c1-2-7-15-8-13-14-12(15)11-9-5-3-4-6-10(9)11/h8-11H,2-7H2,1H3. The zero-order valence-electron chi connectivity index (χ0n) is 9.39. The minimum atomic E-state index is 0.751. The maximum Gasteiger partial charge on any atom is 0.136 e. The number of rotatable bonds is 3. The summed E-state index contributed by atoms with van der Waals surface area (Å²) >= 11 is 0. The summed E-state index contributed by atoms with van der Waals surface area (Å²) in [5.41, 5.74) is 0. The number of nitrogens with zero attached hydrogens (tertiary/aromatic N) is 3. The lowest BCUT2D eigenvalue weighted by molar-refractivity contribution is 0.480. The molecular weight excluding hydrogens is 186 g/mol. The molecule has 2 fully saturated rings. The predicted molar refractivity (Wildman–Crippen MR) is 58.5 cm³/mol. The molecule has 2 atom stereocenters. The van der Waals surface area contributed by atoms with Crippen molar-refractivity contribution in [2.45, 2.75) is 51.5 Å². The topological polar surface area (TPSA) is 30.7 Å². The van der Waals surface area contributed by atoms with Crippen LogP contribution >= 0.6 is 0 Å². The van der Waals surface area contributed by atoms with Gasteiger partial charge in [0.05, 0.1) is 0 Å². The Bertz CT molecular complexity index is 332. The summed E-state index contributed by atoms with van der Waals surface area (Å²) in [6, 6.07) is 0. The van der Waals surface area contributed by atoms with Gasteiger partial charge in [0, 0.05) is 12.5 Å². The molecule has 1 aromatic rings. The van der Waals surface area contributed by atoms with Crippen molar-refractivity contribution in [1.29, 1.82) is 0 Å². The van der Waals surface area contributed by atoms with Gasteiger partial charge in [-0.1, -0.05) is 19.8 Å². The molecular formula is C12H19N3. The summed E-state index contributed by atoms with van der Waals surface area (Å²) in [4.78, 5) is 0. The largest absolute Gasteiger partial charge is 0.317 e. The Balaban J connectivity index is 1.79. The highest BCUT2D eigenvalue weighted by atomic mass is 15.3. The van der Waals surface area contributed by atoms with Gasteiger partial charge >= 0.3 is 0 Å². The Morgan fingerprint density at radius 2 is 2.07 bits per heavy atom.